The van der Waals surface area contributed by atoms with Crippen LogP contribution in [0.1, 0.15) is 27.6 Å². The molecule has 0 aliphatic heterocycles. The molecule has 1 heterocycles. The predicted octanol–water partition coefficient (Wildman–Crippen LogP) is 4.63. The van der Waals surface area contributed by atoms with Crippen LogP contribution in [-0.2, 0) is 6.42 Å². The molecule has 0 fully saturated rings. The van der Waals surface area contributed by atoms with Gasteiger partial charge in [-0.25, -0.2) is 0 Å². The summed E-state index contributed by atoms with van der Waals surface area (Å²) < 4.78 is 1.19. The first kappa shape index (κ1) is 13.8. The molecule has 1 N–H and O–H groups in total. The quantitative estimate of drug-likeness (QED) is 0.864. The van der Waals surface area contributed by atoms with Crippen LogP contribution in [0.25, 0.3) is 0 Å². The van der Waals surface area contributed by atoms with Crippen LogP contribution in [0.5, 0.6) is 0 Å². The average Bonchev–Trinajstić information content (AvgIpc) is 2.76. The summed E-state index contributed by atoms with van der Waals surface area (Å²) >= 11 is 5.34. The van der Waals surface area contributed by atoms with Gasteiger partial charge in [0.2, 0.25) is 0 Å². The molecule has 0 spiro atoms. The summed E-state index contributed by atoms with van der Waals surface area (Å²) in [6, 6.07) is 11.2. The molecule has 96 valence electrons. The smallest absolute Gasteiger partial charge is 0.0701 e. The second-order valence-corrected chi connectivity index (χ2v) is 7.05. The van der Waals surface area contributed by atoms with Crippen molar-refractivity contribution < 1.29 is 0 Å². The lowest BCUT2D eigenvalue weighted by molar-refractivity contribution is 0.599. The molecule has 1 unspecified atom stereocenters. The monoisotopic (exact) mass is 323 g/mol. The maximum atomic E-state index is 3.53. The van der Waals surface area contributed by atoms with Crippen molar-refractivity contribution in [2.45, 2.75) is 26.3 Å². The van der Waals surface area contributed by atoms with Gasteiger partial charge in [-0.1, -0.05) is 18.2 Å². The molecule has 1 nitrogen and oxygen atoms in total. The maximum absolute atomic E-state index is 3.53. The minimum absolute atomic E-state index is 0.390. The number of rotatable bonds is 4. The molecule has 0 saturated carbocycles. The first-order valence-electron chi connectivity index (χ1n) is 6.09. The Morgan fingerprint density at radius 2 is 1.83 bits per heavy atom. The van der Waals surface area contributed by atoms with E-state index in [0.717, 1.165) is 6.42 Å². The standard InChI is InChI=1S/C15H18BrNS/c1-10-5-4-6-11(2)12(10)9-13(17-3)14-7-8-15(16)18-14/h4-8,13,17H,9H2,1-3H3. The zero-order valence-corrected chi connectivity index (χ0v) is 13.4. The third kappa shape index (κ3) is 3.02. The van der Waals surface area contributed by atoms with Gasteiger partial charge in [-0.3, -0.25) is 0 Å². The summed E-state index contributed by atoms with van der Waals surface area (Å²) in [5.74, 6) is 0. The molecule has 0 aliphatic rings. The first-order valence-corrected chi connectivity index (χ1v) is 7.70. The lowest BCUT2D eigenvalue weighted by Gasteiger charge is -2.18. The number of nitrogens with one attached hydrogen (secondary N) is 1. The third-order valence-electron chi connectivity index (χ3n) is 3.34. The van der Waals surface area contributed by atoms with Crippen molar-refractivity contribution in [3.8, 4) is 0 Å². The largest absolute Gasteiger partial charge is 0.312 e. The summed E-state index contributed by atoms with van der Waals surface area (Å²) in [5, 5.41) is 3.42. The number of benzene rings is 1. The van der Waals surface area contributed by atoms with E-state index in [1.165, 1.54) is 25.4 Å². The fourth-order valence-electron chi connectivity index (χ4n) is 2.24. The van der Waals surface area contributed by atoms with Gasteiger partial charge in [-0.2, -0.15) is 0 Å². The molecule has 0 saturated heterocycles. The van der Waals surface area contributed by atoms with E-state index >= 15 is 0 Å². The topological polar surface area (TPSA) is 12.0 Å². The number of halogens is 1. The van der Waals surface area contributed by atoms with Gasteiger partial charge in [0.1, 0.15) is 0 Å². The minimum atomic E-state index is 0.390. The number of thiophene rings is 1. The van der Waals surface area contributed by atoms with Crippen molar-refractivity contribution in [3.63, 3.8) is 0 Å². The Morgan fingerprint density at radius 3 is 2.33 bits per heavy atom. The van der Waals surface area contributed by atoms with Crippen molar-refractivity contribution in [2.75, 3.05) is 7.05 Å². The SMILES string of the molecule is CNC(Cc1c(C)cccc1C)c1ccc(Br)s1. The van der Waals surface area contributed by atoms with Gasteiger partial charge in [0.25, 0.3) is 0 Å². The Labute approximate surface area is 121 Å². The second-order valence-electron chi connectivity index (χ2n) is 4.56. The van der Waals surface area contributed by atoms with Gasteiger partial charge >= 0.3 is 0 Å². The van der Waals surface area contributed by atoms with Crippen LogP contribution in [0.3, 0.4) is 0 Å². The van der Waals surface area contributed by atoms with E-state index in [-0.39, 0.29) is 0 Å². The summed E-state index contributed by atoms with van der Waals surface area (Å²) in [6.07, 6.45) is 1.04. The van der Waals surface area contributed by atoms with E-state index in [1.54, 1.807) is 11.3 Å². The van der Waals surface area contributed by atoms with Gasteiger partial charge in [0.05, 0.1) is 3.79 Å². The number of hydrogen-bond acceptors (Lipinski definition) is 2. The van der Waals surface area contributed by atoms with E-state index in [1.807, 2.05) is 7.05 Å². The van der Waals surface area contributed by atoms with Crippen LogP contribution in [0.2, 0.25) is 0 Å². The van der Waals surface area contributed by atoms with Gasteiger partial charge in [0, 0.05) is 10.9 Å². The highest BCUT2D eigenvalue weighted by molar-refractivity contribution is 9.11. The second kappa shape index (κ2) is 6.00. The normalized spacial score (nSPS) is 12.7. The molecule has 0 radical (unpaired) electrons. The van der Waals surface area contributed by atoms with Crippen LogP contribution in [0.4, 0.5) is 0 Å². The molecular weight excluding hydrogens is 306 g/mol. The molecule has 1 atom stereocenters. The van der Waals surface area contributed by atoms with E-state index in [4.69, 9.17) is 0 Å². The number of hydrogen-bond donors (Lipinski definition) is 1. The lowest BCUT2D eigenvalue weighted by atomic mass is 9.96. The van der Waals surface area contributed by atoms with Crippen LogP contribution < -0.4 is 5.32 Å². The molecule has 2 rings (SSSR count). The Balaban J connectivity index is 2.26. The fourth-order valence-corrected chi connectivity index (χ4v) is 3.77. The molecule has 18 heavy (non-hydrogen) atoms. The van der Waals surface area contributed by atoms with E-state index in [9.17, 15) is 0 Å². The molecule has 1 aromatic carbocycles. The van der Waals surface area contributed by atoms with Crippen molar-refractivity contribution in [1.29, 1.82) is 0 Å². The maximum Gasteiger partial charge on any atom is 0.0701 e. The van der Waals surface area contributed by atoms with Crippen molar-refractivity contribution in [2.24, 2.45) is 0 Å². The zero-order chi connectivity index (χ0) is 13.1. The van der Waals surface area contributed by atoms with Crippen molar-refractivity contribution in [3.05, 3.63) is 55.7 Å². The summed E-state index contributed by atoms with van der Waals surface area (Å²) in [6.45, 7) is 4.39. The van der Waals surface area contributed by atoms with Crippen LogP contribution >= 0.6 is 27.3 Å². The highest BCUT2D eigenvalue weighted by Gasteiger charge is 2.14. The van der Waals surface area contributed by atoms with Crippen molar-refractivity contribution >= 4 is 27.3 Å². The van der Waals surface area contributed by atoms with Gasteiger partial charge in [-0.05, 0) is 72.1 Å². The molecule has 0 amide bonds. The molecule has 2 aromatic rings. The third-order valence-corrected chi connectivity index (χ3v) is 5.08. The Hall–Kier alpha value is -0.640. The van der Waals surface area contributed by atoms with Crippen molar-refractivity contribution in [1.82, 2.24) is 5.32 Å². The fraction of sp³-hybridized carbons (Fsp3) is 0.333. The van der Waals surface area contributed by atoms with Gasteiger partial charge < -0.3 is 5.32 Å². The number of aryl methyl sites for hydroxylation is 2. The van der Waals surface area contributed by atoms with E-state index in [2.05, 4.69) is 65.4 Å². The Bertz CT molecular complexity index is 513. The lowest BCUT2D eigenvalue weighted by Crippen LogP contribution is -2.18. The average molecular weight is 324 g/mol. The highest BCUT2D eigenvalue weighted by atomic mass is 79.9. The highest BCUT2D eigenvalue weighted by Crippen LogP contribution is 2.30. The summed E-state index contributed by atoms with van der Waals surface area (Å²) in [4.78, 5) is 1.38. The first-order chi connectivity index (χ1) is 8.61. The molecular formula is C15H18BrNS. The van der Waals surface area contributed by atoms with Gasteiger partial charge in [-0.15, -0.1) is 11.3 Å². The number of likely N-dealkylation sites (N-methyl/N-ethyl adjacent to an activating group) is 1. The van der Waals surface area contributed by atoms with Gasteiger partial charge in [0.15, 0.2) is 0 Å². The zero-order valence-electron chi connectivity index (χ0n) is 11.0. The predicted molar refractivity (Wildman–Crippen MR) is 83.4 cm³/mol. The minimum Gasteiger partial charge on any atom is -0.312 e. The van der Waals surface area contributed by atoms with Crippen LogP contribution in [0, 0.1) is 13.8 Å². The molecule has 0 aliphatic carbocycles. The van der Waals surface area contributed by atoms with E-state index < -0.39 is 0 Å². The molecule has 1 aromatic heterocycles. The molecule has 3 heteroatoms. The van der Waals surface area contributed by atoms with Crippen LogP contribution in [-0.4, -0.2) is 7.05 Å². The van der Waals surface area contributed by atoms with Crippen LogP contribution in [0.15, 0.2) is 34.1 Å². The molecule has 0 bridgehead atoms. The van der Waals surface area contributed by atoms with E-state index in [0.29, 0.717) is 6.04 Å². The Morgan fingerprint density at radius 1 is 1.17 bits per heavy atom. The summed E-state index contributed by atoms with van der Waals surface area (Å²) in [7, 11) is 2.03. The summed E-state index contributed by atoms with van der Waals surface area (Å²) in [5.41, 5.74) is 4.22. The Kier molecular flexibility index (Phi) is 4.60.